The Labute approximate surface area is 88.3 Å². The van der Waals surface area contributed by atoms with Crippen LogP contribution in [0.2, 0.25) is 0 Å². The Balaban J connectivity index is 1.70. The van der Waals surface area contributed by atoms with Crippen molar-refractivity contribution in [3.63, 3.8) is 0 Å². The molecule has 2 saturated heterocycles. The zero-order valence-electron chi connectivity index (χ0n) is 9.71. The maximum Gasteiger partial charge on any atom is 0.00107 e. The second-order valence-electron chi connectivity index (χ2n) is 5.40. The minimum absolute atomic E-state index is 0.946. The number of hydrogen-bond donors (Lipinski definition) is 0. The summed E-state index contributed by atoms with van der Waals surface area (Å²) in [6.07, 6.45) is 4.26. The van der Waals surface area contributed by atoms with Crippen LogP contribution in [-0.4, -0.2) is 49.6 Å². The number of rotatable bonds is 2. The van der Waals surface area contributed by atoms with Crippen LogP contribution >= 0.6 is 0 Å². The van der Waals surface area contributed by atoms with E-state index in [1.807, 2.05) is 0 Å². The van der Waals surface area contributed by atoms with Gasteiger partial charge >= 0.3 is 0 Å². The van der Waals surface area contributed by atoms with E-state index in [2.05, 4.69) is 23.8 Å². The lowest BCUT2D eigenvalue weighted by molar-refractivity contribution is 0.174. The molecule has 1 atom stereocenters. The number of piperidine rings is 1. The lowest BCUT2D eigenvalue weighted by atomic mass is 9.97. The first-order valence-electron chi connectivity index (χ1n) is 6.15. The van der Waals surface area contributed by atoms with Crippen LogP contribution in [0.25, 0.3) is 0 Å². The summed E-state index contributed by atoms with van der Waals surface area (Å²) >= 11 is 0. The summed E-state index contributed by atoms with van der Waals surface area (Å²) in [6.45, 7) is 9.09. The molecule has 0 amide bonds. The fourth-order valence-corrected chi connectivity index (χ4v) is 2.80. The molecule has 2 nitrogen and oxygen atoms in total. The Kier molecular flexibility index (Phi) is 3.45. The molecule has 2 heterocycles. The van der Waals surface area contributed by atoms with E-state index in [1.165, 1.54) is 52.0 Å². The Morgan fingerprint density at radius 1 is 1.07 bits per heavy atom. The van der Waals surface area contributed by atoms with E-state index in [-0.39, 0.29) is 0 Å². The van der Waals surface area contributed by atoms with Gasteiger partial charge in [-0.2, -0.15) is 0 Å². The van der Waals surface area contributed by atoms with E-state index in [0.717, 1.165) is 11.8 Å². The van der Waals surface area contributed by atoms with Crippen LogP contribution in [0.4, 0.5) is 0 Å². The van der Waals surface area contributed by atoms with Gasteiger partial charge < -0.3 is 9.80 Å². The van der Waals surface area contributed by atoms with Crippen LogP contribution in [0, 0.1) is 11.8 Å². The van der Waals surface area contributed by atoms with Crippen LogP contribution in [0.5, 0.6) is 0 Å². The molecular weight excluding hydrogens is 172 g/mol. The summed E-state index contributed by atoms with van der Waals surface area (Å²) in [5, 5.41) is 0. The minimum Gasteiger partial charge on any atom is -0.306 e. The van der Waals surface area contributed by atoms with Crippen LogP contribution in [-0.2, 0) is 0 Å². The van der Waals surface area contributed by atoms with Gasteiger partial charge in [-0.3, -0.25) is 0 Å². The Hall–Kier alpha value is -0.0800. The average molecular weight is 196 g/mol. The maximum absolute atomic E-state index is 2.68. The fraction of sp³-hybridized carbons (Fsp3) is 1.00. The summed E-state index contributed by atoms with van der Waals surface area (Å²) in [4.78, 5) is 5.14. The van der Waals surface area contributed by atoms with E-state index >= 15 is 0 Å². The first-order chi connectivity index (χ1) is 6.74. The molecule has 0 saturated carbocycles. The molecule has 14 heavy (non-hydrogen) atoms. The summed E-state index contributed by atoms with van der Waals surface area (Å²) in [6, 6.07) is 0. The maximum atomic E-state index is 2.68. The molecule has 2 aliphatic rings. The van der Waals surface area contributed by atoms with Crippen LogP contribution < -0.4 is 0 Å². The lowest BCUT2D eigenvalue weighted by Crippen LogP contribution is -2.36. The molecule has 0 aromatic rings. The quantitative estimate of drug-likeness (QED) is 0.663. The molecule has 82 valence electrons. The van der Waals surface area contributed by atoms with Crippen LogP contribution in [0.15, 0.2) is 0 Å². The third kappa shape index (κ3) is 2.71. The number of nitrogens with zero attached hydrogens (tertiary/aromatic N) is 2. The van der Waals surface area contributed by atoms with Crippen molar-refractivity contribution < 1.29 is 0 Å². The monoisotopic (exact) mass is 196 g/mol. The number of likely N-dealkylation sites (tertiary alicyclic amines) is 2. The molecule has 0 spiro atoms. The molecule has 0 N–H and O–H groups in total. The second-order valence-corrected chi connectivity index (χ2v) is 5.40. The summed E-state index contributed by atoms with van der Waals surface area (Å²) in [5.74, 6) is 1.93. The third-order valence-corrected chi connectivity index (χ3v) is 3.86. The van der Waals surface area contributed by atoms with Gasteiger partial charge in [-0.05, 0) is 57.8 Å². The summed E-state index contributed by atoms with van der Waals surface area (Å²) in [5.41, 5.74) is 0. The van der Waals surface area contributed by atoms with E-state index in [0.29, 0.717) is 0 Å². The molecule has 0 unspecified atom stereocenters. The lowest BCUT2D eigenvalue weighted by Gasteiger charge is -2.31. The average Bonchev–Trinajstić information content (AvgIpc) is 2.56. The highest BCUT2D eigenvalue weighted by molar-refractivity contribution is 4.78. The molecule has 0 aliphatic carbocycles. The van der Waals surface area contributed by atoms with Gasteiger partial charge in [0.2, 0.25) is 0 Å². The molecule has 2 fully saturated rings. The van der Waals surface area contributed by atoms with Crippen LogP contribution in [0.3, 0.4) is 0 Å². The predicted molar refractivity (Wildman–Crippen MR) is 60.4 cm³/mol. The molecule has 0 aromatic carbocycles. The highest BCUT2D eigenvalue weighted by Crippen LogP contribution is 2.21. The van der Waals surface area contributed by atoms with Crippen molar-refractivity contribution in [3.05, 3.63) is 0 Å². The SMILES string of the molecule is C[C@@H]1CCN(CC2CCN(C)CC2)C1. The topological polar surface area (TPSA) is 6.48 Å². The molecule has 2 rings (SSSR count). The zero-order chi connectivity index (χ0) is 9.97. The smallest absolute Gasteiger partial charge is 0.00107 e. The number of hydrogen-bond acceptors (Lipinski definition) is 2. The van der Waals surface area contributed by atoms with Gasteiger partial charge in [0, 0.05) is 13.1 Å². The van der Waals surface area contributed by atoms with Crippen molar-refractivity contribution in [3.8, 4) is 0 Å². The van der Waals surface area contributed by atoms with Gasteiger partial charge in [-0.1, -0.05) is 6.92 Å². The zero-order valence-corrected chi connectivity index (χ0v) is 9.71. The van der Waals surface area contributed by atoms with Gasteiger partial charge in [0.1, 0.15) is 0 Å². The van der Waals surface area contributed by atoms with E-state index in [4.69, 9.17) is 0 Å². The molecular formula is C12H24N2. The second kappa shape index (κ2) is 4.63. The fourth-order valence-electron chi connectivity index (χ4n) is 2.80. The molecule has 0 radical (unpaired) electrons. The molecule has 2 heteroatoms. The van der Waals surface area contributed by atoms with E-state index in [9.17, 15) is 0 Å². The largest absolute Gasteiger partial charge is 0.306 e. The van der Waals surface area contributed by atoms with Crippen molar-refractivity contribution in [1.29, 1.82) is 0 Å². The third-order valence-electron chi connectivity index (χ3n) is 3.86. The van der Waals surface area contributed by atoms with E-state index in [1.54, 1.807) is 0 Å². The van der Waals surface area contributed by atoms with Crippen molar-refractivity contribution >= 4 is 0 Å². The van der Waals surface area contributed by atoms with Gasteiger partial charge in [0.15, 0.2) is 0 Å². The van der Waals surface area contributed by atoms with Gasteiger partial charge in [0.05, 0.1) is 0 Å². The minimum atomic E-state index is 0.946. The van der Waals surface area contributed by atoms with Gasteiger partial charge in [-0.25, -0.2) is 0 Å². The Bertz CT molecular complexity index is 173. The summed E-state index contributed by atoms with van der Waals surface area (Å²) in [7, 11) is 2.24. The standard InChI is InChI=1S/C12H24N2/c1-11-3-8-14(9-11)10-12-4-6-13(2)7-5-12/h11-12H,3-10H2,1-2H3/t11-/m1/s1. The first kappa shape index (κ1) is 10.4. The Morgan fingerprint density at radius 3 is 2.36 bits per heavy atom. The van der Waals surface area contributed by atoms with Gasteiger partial charge in [0.25, 0.3) is 0 Å². The van der Waals surface area contributed by atoms with Crippen molar-refractivity contribution in [2.45, 2.75) is 26.2 Å². The highest BCUT2D eigenvalue weighted by atomic mass is 15.2. The molecule has 0 aromatic heterocycles. The van der Waals surface area contributed by atoms with Crippen molar-refractivity contribution in [2.24, 2.45) is 11.8 Å². The summed E-state index contributed by atoms with van der Waals surface area (Å²) < 4.78 is 0. The van der Waals surface area contributed by atoms with Crippen LogP contribution in [0.1, 0.15) is 26.2 Å². The van der Waals surface area contributed by atoms with Crippen molar-refractivity contribution in [2.75, 3.05) is 39.8 Å². The van der Waals surface area contributed by atoms with Crippen molar-refractivity contribution in [1.82, 2.24) is 9.80 Å². The highest BCUT2D eigenvalue weighted by Gasteiger charge is 2.23. The normalized spacial score (nSPS) is 32.6. The first-order valence-corrected chi connectivity index (χ1v) is 6.15. The van der Waals surface area contributed by atoms with Gasteiger partial charge in [-0.15, -0.1) is 0 Å². The molecule has 2 aliphatic heterocycles. The van der Waals surface area contributed by atoms with E-state index < -0.39 is 0 Å². The molecule has 0 bridgehead atoms. The Morgan fingerprint density at radius 2 is 1.79 bits per heavy atom. The predicted octanol–water partition coefficient (Wildman–Crippen LogP) is 1.67.